The molecule has 1 fully saturated rings. The Balaban J connectivity index is 1.66. The van der Waals surface area contributed by atoms with Gasteiger partial charge in [0, 0.05) is 30.4 Å². The number of β-amino-alcohol motifs (C(OH)–C–C–N with tert-alkyl or cyclic N) is 1. The van der Waals surface area contributed by atoms with Crippen molar-refractivity contribution in [3.05, 3.63) is 59.7 Å². The molecule has 5 heteroatoms. The van der Waals surface area contributed by atoms with Gasteiger partial charge < -0.3 is 15.2 Å². The second-order valence-electron chi connectivity index (χ2n) is 6.42. The largest absolute Gasteiger partial charge is 0.497 e. The van der Waals surface area contributed by atoms with Gasteiger partial charge in [-0.3, -0.25) is 9.69 Å². The predicted molar refractivity (Wildman–Crippen MR) is 97.9 cm³/mol. The molecule has 2 aromatic rings. The predicted octanol–water partition coefficient (Wildman–Crippen LogP) is 2.90. The van der Waals surface area contributed by atoms with E-state index >= 15 is 0 Å². The van der Waals surface area contributed by atoms with Gasteiger partial charge in [-0.1, -0.05) is 18.2 Å². The maximum atomic E-state index is 12.5. The first-order chi connectivity index (χ1) is 12.1. The Hall–Kier alpha value is -2.37. The van der Waals surface area contributed by atoms with E-state index in [-0.39, 0.29) is 12.0 Å². The molecule has 0 radical (unpaired) electrons. The molecule has 0 bridgehead atoms. The smallest absolute Gasteiger partial charge is 0.255 e. The fourth-order valence-electron chi connectivity index (χ4n) is 3.15. The van der Waals surface area contributed by atoms with Crippen molar-refractivity contribution in [2.24, 2.45) is 0 Å². The Morgan fingerprint density at radius 2 is 2.12 bits per heavy atom. The van der Waals surface area contributed by atoms with Gasteiger partial charge in [0.2, 0.25) is 0 Å². The number of nitrogens with one attached hydrogen (secondary N) is 1. The van der Waals surface area contributed by atoms with Crippen molar-refractivity contribution < 1.29 is 14.6 Å². The van der Waals surface area contributed by atoms with Crippen LogP contribution in [0.2, 0.25) is 0 Å². The molecule has 132 valence electrons. The van der Waals surface area contributed by atoms with E-state index in [2.05, 4.69) is 10.2 Å². The zero-order valence-electron chi connectivity index (χ0n) is 14.4. The lowest BCUT2D eigenvalue weighted by molar-refractivity contribution is 0.0668. The van der Waals surface area contributed by atoms with Crippen molar-refractivity contribution >= 4 is 11.6 Å². The molecule has 3 rings (SSSR count). The summed E-state index contributed by atoms with van der Waals surface area (Å²) in [5, 5.41) is 12.7. The molecule has 1 amide bonds. The van der Waals surface area contributed by atoms with Crippen molar-refractivity contribution in [2.75, 3.05) is 25.5 Å². The van der Waals surface area contributed by atoms with Crippen molar-refractivity contribution in [2.45, 2.75) is 25.5 Å². The van der Waals surface area contributed by atoms with Crippen LogP contribution in [0.1, 0.15) is 28.8 Å². The van der Waals surface area contributed by atoms with Gasteiger partial charge in [-0.15, -0.1) is 0 Å². The van der Waals surface area contributed by atoms with Gasteiger partial charge in [0.15, 0.2) is 0 Å². The molecule has 1 aliphatic heterocycles. The lowest BCUT2D eigenvalue weighted by Gasteiger charge is -2.30. The van der Waals surface area contributed by atoms with E-state index in [1.165, 1.54) is 0 Å². The number of nitrogens with zero attached hydrogens (tertiary/aromatic N) is 1. The van der Waals surface area contributed by atoms with Gasteiger partial charge in [0.1, 0.15) is 5.75 Å². The molecular formula is C20H24N2O3. The average Bonchev–Trinajstić information content (AvgIpc) is 2.62. The number of piperidine rings is 1. The number of likely N-dealkylation sites (tertiary alicyclic amines) is 1. The first-order valence-corrected chi connectivity index (χ1v) is 8.59. The number of rotatable bonds is 5. The van der Waals surface area contributed by atoms with Crippen molar-refractivity contribution in [1.82, 2.24) is 4.90 Å². The van der Waals surface area contributed by atoms with Gasteiger partial charge in [0.05, 0.1) is 13.2 Å². The number of amides is 1. The van der Waals surface area contributed by atoms with Crippen LogP contribution in [0.15, 0.2) is 48.5 Å². The van der Waals surface area contributed by atoms with Crippen molar-refractivity contribution in [3.63, 3.8) is 0 Å². The summed E-state index contributed by atoms with van der Waals surface area (Å²) in [6.07, 6.45) is 1.64. The number of aliphatic hydroxyl groups is 1. The number of hydrogen-bond acceptors (Lipinski definition) is 4. The van der Waals surface area contributed by atoms with Crippen LogP contribution in [-0.2, 0) is 6.54 Å². The summed E-state index contributed by atoms with van der Waals surface area (Å²) in [6, 6.07) is 14.9. The van der Waals surface area contributed by atoms with Gasteiger partial charge in [-0.25, -0.2) is 0 Å². The Morgan fingerprint density at radius 3 is 2.92 bits per heavy atom. The summed E-state index contributed by atoms with van der Waals surface area (Å²) in [4.78, 5) is 14.7. The number of benzene rings is 2. The zero-order valence-corrected chi connectivity index (χ0v) is 14.4. The second kappa shape index (κ2) is 8.14. The van der Waals surface area contributed by atoms with Crippen LogP contribution >= 0.6 is 0 Å². The third-order valence-corrected chi connectivity index (χ3v) is 4.40. The molecule has 0 aromatic heterocycles. The molecule has 0 spiro atoms. The minimum absolute atomic E-state index is 0.145. The first kappa shape index (κ1) is 17.5. The fourth-order valence-corrected chi connectivity index (χ4v) is 3.15. The maximum Gasteiger partial charge on any atom is 0.255 e. The quantitative estimate of drug-likeness (QED) is 0.879. The van der Waals surface area contributed by atoms with Crippen LogP contribution in [-0.4, -0.2) is 42.2 Å². The third kappa shape index (κ3) is 4.81. The molecule has 1 unspecified atom stereocenters. The molecule has 1 atom stereocenters. The highest BCUT2D eigenvalue weighted by Gasteiger charge is 2.18. The van der Waals surface area contributed by atoms with Crippen LogP contribution in [0.5, 0.6) is 5.75 Å². The lowest BCUT2D eigenvalue weighted by Crippen LogP contribution is -2.37. The Morgan fingerprint density at radius 1 is 1.28 bits per heavy atom. The molecule has 0 saturated carbocycles. The van der Waals surface area contributed by atoms with Crippen LogP contribution in [0.25, 0.3) is 0 Å². The highest BCUT2D eigenvalue weighted by Crippen LogP contribution is 2.19. The Bertz CT molecular complexity index is 732. The van der Waals surface area contributed by atoms with E-state index in [4.69, 9.17) is 4.74 Å². The minimum Gasteiger partial charge on any atom is -0.497 e. The number of hydrogen-bond donors (Lipinski definition) is 2. The normalized spacial score (nSPS) is 17.9. The third-order valence-electron chi connectivity index (χ3n) is 4.40. The molecule has 1 saturated heterocycles. The Kier molecular flexibility index (Phi) is 5.68. The van der Waals surface area contributed by atoms with Gasteiger partial charge >= 0.3 is 0 Å². The molecule has 5 nitrogen and oxygen atoms in total. The average molecular weight is 340 g/mol. The number of carbonyl (C=O) groups is 1. The van der Waals surface area contributed by atoms with Gasteiger partial charge in [-0.2, -0.15) is 0 Å². The van der Waals surface area contributed by atoms with E-state index in [1.54, 1.807) is 13.2 Å². The molecule has 1 heterocycles. The van der Waals surface area contributed by atoms with Crippen LogP contribution in [0, 0.1) is 0 Å². The summed E-state index contributed by atoms with van der Waals surface area (Å²) < 4.78 is 5.18. The first-order valence-electron chi connectivity index (χ1n) is 8.59. The van der Waals surface area contributed by atoms with Crippen LogP contribution in [0.4, 0.5) is 5.69 Å². The van der Waals surface area contributed by atoms with Crippen molar-refractivity contribution in [3.8, 4) is 5.75 Å². The molecule has 2 aromatic carbocycles. The number of anilines is 1. The molecule has 25 heavy (non-hydrogen) atoms. The summed E-state index contributed by atoms with van der Waals surface area (Å²) in [5.41, 5.74) is 2.40. The highest BCUT2D eigenvalue weighted by atomic mass is 16.5. The summed E-state index contributed by atoms with van der Waals surface area (Å²) in [5.74, 6) is 0.559. The van der Waals surface area contributed by atoms with Gasteiger partial charge in [0.25, 0.3) is 5.91 Å². The lowest BCUT2D eigenvalue weighted by atomic mass is 10.1. The van der Waals surface area contributed by atoms with Crippen LogP contribution in [0.3, 0.4) is 0 Å². The minimum atomic E-state index is -0.242. The standard InChI is InChI=1S/C20H24N2O3/c1-25-19-9-3-7-17(12-19)21-20(24)16-6-2-5-15(11-16)13-22-10-4-8-18(23)14-22/h2-3,5-7,9,11-12,18,23H,4,8,10,13-14H2,1H3,(H,21,24). The monoisotopic (exact) mass is 340 g/mol. The summed E-state index contributed by atoms with van der Waals surface area (Å²) >= 11 is 0. The second-order valence-corrected chi connectivity index (χ2v) is 6.42. The number of methoxy groups -OCH3 is 1. The molecule has 2 N–H and O–H groups in total. The molecular weight excluding hydrogens is 316 g/mol. The van der Waals surface area contributed by atoms with Gasteiger partial charge in [-0.05, 0) is 49.2 Å². The van der Waals surface area contributed by atoms with Crippen LogP contribution < -0.4 is 10.1 Å². The summed E-state index contributed by atoms with van der Waals surface area (Å²) in [6.45, 7) is 2.43. The van der Waals surface area contributed by atoms with E-state index in [1.807, 2.05) is 42.5 Å². The van der Waals surface area contributed by atoms with E-state index in [0.29, 0.717) is 23.5 Å². The topological polar surface area (TPSA) is 61.8 Å². The number of ether oxygens (including phenoxy) is 1. The SMILES string of the molecule is COc1cccc(NC(=O)c2cccc(CN3CCCC(O)C3)c2)c1. The van der Waals surface area contributed by atoms with E-state index < -0.39 is 0 Å². The molecule has 1 aliphatic rings. The summed E-state index contributed by atoms with van der Waals surface area (Å²) in [7, 11) is 1.60. The van der Waals surface area contributed by atoms with E-state index in [9.17, 15) is 9.90 Å². The van der Waals surface area contributed by atoms with E-state index in [0.717, 1.165) is 31.5 Å². The number of aliphatic hydroxyl groups excluding tert-OH is 1. The zero-order chi connectivity index (χ0) is 17.6. The highest BCUT2D eigenvalue weighted by molar-refractivity contribution is 6.04. The van der Waals surface area contributed by atoms with Crippen molar-refractivity contribution in [1.29, 1.82) is 0 Å². The number of carbonyl (C=O) groups excluding carboxylic acids is 1. The fraction of sp³-hybridized carbons (Fsp3) is 0.350. The maximum absolute atomic E-state index is 12.5. The molecule has 0 aliphatic carbocycles. The Labute approximate surface area is 148 Å².